The maximum absolute atomic E-state index is 12.0. The zero-order valence-electron chi connectivity index (χ0n) is 13.4. The van der Waals surface area contributed by atoms with Crippen molar-refractivity contribution in [2.24, 2.45) is 5.10 Å². The molecule has 0 fully saturated rings. The molecule has 0 spiro atoms. The van der Waals surface area contributed by atoms with E-state index in [-0.39, 0.29) is 27.4 Å². The number of anilines is 3. The van der Waals surface area contributed by atoms with Gasteiger partial charge in [0.15, 0.2) is 10.8 Å². The Hall–Kier alpha value is -3.61. The molecule has 0 atom stereocenters. The van der Waals surface area contributed by atoms with Gasteiger partial charge in [-0.05, 0) is 42.5 Å². The van der Waals surface area contributed by atoms with Crippen molar-refractivity contribution in [1.82, 2.24) is 5.43 Å². The van der Waals surface area contributed by atoms with Gasteiger partial charge in [-0.3, -0.25) is 30.7 Å². The molecule has 3 rings (SSSR count). The summed E-state index contributed by atoms with van der Waals surface area (Å²) in [7, 11) is 0. The molecule has 0 saturated heterocycles. The molecule has 27 heavy (non-hydrogen) atoms. The van der Waals surface area contributed by atoms with Gasteiger partial charge >= 0.3 is 0 Å². The molecule has 0 radical (unpaired) electrons. The van der Waals surface area contributed by atoms with Crippen molar-refractivity contribution in [3.8, 4) is 0 Å². The van der Waals surface area contributed by atoms with Crippen molar-refractivity contribution in [1.29, 1.82) is 0 Å². The van der Waals surface area contributed by atoms with E-state index in [4.69, 9.17) is 22.6 Å². The van der Waals surface area contributed by atoms with Gasteiger partial charge in [0.2, 0.25) is 0 Å². The third-order valence-corrected chi connectivity index (χ3v) is 3.75. The van der Waals surface area contributed by atoms with Crippen LogP contribution in [-0.4, -0.2) is 32.1 Å². The molecule has 5 N–H and O–H groups in total. The summed E-state index contributed by atoms with van der Waals surface area (Å²) >= 11 is 5.08. The van der Waals surface area contributed by atoms with E-state index in [2.05, 4.69) is 21.2 Å². The predicted molar refractivity (Wildman–Crippen MR) is 100 cm³/mol. The fourth-order valence-electron chi connectivity index (χ4n) is 2.31. The molecule has 11 nitrogen and oxygen atoms in total. The minimum absolute atomic E-state index is 0.0261. The Balaban J connectivity index is 1.72. The third-order valence-electron chi connectivity index (χ3n) is 3.56. The molecule has 0 unspecified atom stereocenters. The second kappa shape index (κ2) is 7.33. The number of nitro groups is 1. The Labute approximate surface area is 157 Å². The SMILES string of the molecule is O=C1Nc2ccc([N+](=O)[O-])cc2/C1=N/NC(=S)Nc1ccc(N(O)O)cc1. The van der Waals surface area contributed by atoms with Crippen molar-refractivity contribution in [2.75, 3.05) is 15.9 Å². The first-order chi connectivity index (χ1) is 12.8. The molecular formula is C15H12N6O5S. The van der Waals surface area contributed by atoms with Crippen LogP contribution in [0.5, 0.6) is 0 Å². The number of hydrogen-bond donors (Lipinski definition) is 5. The molecule has 0 aliphatic carbocycles. The quantitative estimate of drug-likeness (QED) is 0.300. The summed E-state index contributed by atoms with van der Waals surface area (Å²) in [6.07, 6.45) is 0. The standard InChI is InChI=1S/C15H12N6O5S/c22-14-13(11-7-10(21(25)26)5-6-12(11)17-14)18-19-15(27)16-8-1-3-9(4-2-8)20(23)24/h1-7,23-24H,(H2,16,19,27)(H,17,18,22). The summed E-state index contributed by atoms with van der Waals surface area (Å²) < 4.78 is 0. The fourth-order valence-corrected chi connectivity index (χ4v) is 2.47. The summed E-state index contributed by atoms with van der Waals surface area (Å²) in [6.45, 7) is 0. The molecular weight excluding hydrogens is 376 g/mol. The van der Waals surface area contributed by atoms with Crippen LogP contribution in [0.1, 0.15) is 5.56 Å². The van der Waals surface area contributed by atoms with Crippen molar-refractivity contribution < 1.29 is 20.1 Å². The van der Waals surface area contributed by atoms with Gasteiger partial charge in [-0.25, -0.2) is 0 Å². The molecule has 2 aromatic rings. The molecule has 1 amide bonds. The van der Waals surface area contributed by atoms with Crippen LogP contribution in [0.25, 0.3) is 0 Å². The summed E-state index contributed by atoms with van der Waals surface area (Å²) in [5.74, 6) is -0.517. The molecule has 1 aliphatic heterocycles. The van der Waals surface area contributed by atoms with E-state index in [0.717, 1.165) is 0 Å². The van der Waals surface area contributed by atoms with Crippen molar-refractivity contribution >= 4 is 51.7 Å². The topological polar surface area (TPSA) is 152 Å². The number of benzene rings is 2. The van der Waals surface area contributed by atoms with E-state index in [1.54, 1.807) is 0 Å². The molecule has 0 saturated carbocycles. The first-order valence-corrected chi connectivity index (χ1v) is 7.79. The zero-order valence-corrected chi connectivity index (χ0v) is 14.2. The second-order valence-corrected chi connectivity index (χ2v) is 5.71. The van der Waals surface area contributed by atoms with Gasteiger partial charge in [0.1, 0.15) is 0 Å². The zero-order chi connectivity index (χ0) is 19.6. The lowest BCUT2D eigenvalue weighted by atomic mass is 10.1. The summed E-state index contributed by atoms with van der Waals surface area (Å²) in [5, 5.41) is 38.0. The normalized spacial score (nSPS) is 13.7. The molecule has 138 valence electrons. The number of hydrazone groups is 1. The lowest BCUT2D eigenvalue weighted by molar-refractivity contribution is -0.384. The highest BCUT2D eigenvalue weighted by atomic mass is 32.1. The van der Waals surface area contributed by atoms with Crippen LogP contribution in [0.3, 0.4) is 0 Å². The monoisotopic (exact) mass is 388 g/mol. The molecule has 1 heterocycles. The average Bonchev–Trinajstić information content (AvgIpc) is 2.94. The Morgan fingerprint density at radius 2 is 1.93 bits per heavy atom. The molecule has 2 aromatic carbocycles. The summed E-state index contributed by atoms with van der Waals surface area (Å²) in [5.41, 5.74) is 3.69. The Morgan fingerprint density at radius 3 is 2.56 bits per heavy atom. The number of thiocarbonyl (C=S) groups is 1. The number of nitrogens with zero attached hydrogens (tertiary/aromatic N) is 3. The molecule has 0 aromatic heterocycles. The van der Waals surface area contributed by atoms with Crippen molar-refractivity contribution in [2.45, 2.75) is 0 Å². The number of hydrogen-bond acceptors (Lipinski definition) is 8. The highest BCUT2D eigenvalue weighted by Crippen LogP contribution is 2.27. The highest BCUT2D eigenvalue weighted by molar-refractivity contribution is 7.80. The Bertz CT molecular complexity index is 960. The average molecular weight is 388 g/mol. The minimum atomic E-state index is -0.566. The van der Waals surface area contributed by atoms with Crippen LogP contribution in [-0.2, 0) is 4.79 Å². The van der Waals surface area contributed by atoms with E-state index in [1.165, 1.54) is 42.5 Å². The van der Waals surface area contributed by atoms with Gasteiger partial charge in [-0.15, -0.1) is 5.23 Å². The van der Waals surface area contributed by atoms with Crippen LogP contribution in [0.15, 0.2) is 47.6 Å². The maximum Gasteiger partial charge on any atom is 0.276 e. The first-order valence-electron chi connectivity index (χ1n) is 7.38. The number of nitro benzene ring substituents is 1. The Kier molecular flexibility index (Phi) is 4.94. The Morgan fingerprint density at radius 1 is 1.22 bits per heavy atom. The van der Waals surface area contributed by atoms with Crippen LogP contribution < -0.4 is 21.3 Å². The van der Waals surface area contributed by atoms with Gasteiger partial charge in [-0.2, -0.15) is 5.10 Å². The number of nitrogens with one attached hydrogen (secondary N) is 3. The van der Waals surface area contributed by atoms with Gasteiger partial charge in [0.25, 0.3) is 11.6 Å². The van der Waals surface area contributed by atoms with Crippen LogP contribution in [0, 0.1) is 10.1 Å². The summed E-state index contributed by atoms with van der Waals surface area (Å²) in [4.78, 5) is 22.4. The third kappa shape index (κ3) is 3.98. The second-order valence-electron chi connectivity index (χ2n) is 5.30. The van der Waals surface area contributed by atoms with E-state index in [0.29, 0.717) is 16.9 Å². The van der Waals surface area contributed by atoms with E-state index in [1.807, 2.05) is 0 Å². The van der Waals surface area contributed by atoms with E-state index < -0.39 is 10.8 Å². The van der Waals surface area contributed by atoms with E-state index >= 15 is 0 Å². The first kappa shape index (κ1) is 18.2. The van der Waals surface area contributed by atoms with Gasteiger partial charge in [0, 0.05) is 23.4 Å². The largest absolute Gasteiger partial charge is 0.331 e. The summed E-state index contributed by atoms with van der Waals surface area (Å²) in [6, 6.07) is 9.89. The predicted octanol–water partition coefficient (Wildman–Crippen LogP) is 1.82. The number of non-ortho nitro benzene ring substituents is 1. The van der Waals surface area contributed by atoms with Crippen LogP contribution >= 0.6 is 12.2 Å². The fraction of sp³-hybridized carbons (Fsp3) is 0. The van der Waals surface area contributed by atoms with E-state index in [9.17, 15) is 14.9 Å². The van der Waals surface area contributed by atoms with Gasteiger partial charge < -0.3 is 10.6 Å². The number of carbonyl (C=O) groups excluding carboxylic acids is 1. The molecule has 0 bridgehead atoms. The molecule has 1 aliphatic rings. The lowest BCUT2D eigenvalue weighted by Crippen LogP contribution is -2.27. The van der Waals surface area contributed by atoms with Crippen LogP contribution in [0.2, 0.25) is 0 Å². The van der Waals surface area contributed by atoms with Gasteiger partial charge in [0.05, 0.1) is 16.3 Å². The minimum Gasteiger partial charge on any atom is -0.331 e. The van der Waals surface area contributed by atoms with Crippen molar-refractivity contribution in [3.63, 3.8) is 0 Å². The number of fused-ring (bicyclic) bond motifs is 1. The maximum atomic E-state index is 12.0. The highest BCUT2D eigenvalue weighted by Gasteiger charge is 2.28. The molecule has 12 heteroatoms. The van der Waals surface area contributed by atoms with Gasteiger partial charge in [-0.1, -0.05) is 0 Å². The lowest BCUT2D eigenvalue weighted by Gasteiger charge is -2.10. The smallest absolute Gasteiger partial charge is 0.276 e. The number of rotatable bonds is 4. The van der Waals surface area contributed by atoms with Crippen LogP contribution in [0.4, 0.5) is 22.7 Å². The van der Waals surface area contributed by atoms with Crippen molar-refractivity contribution in [3.05, 3.63) is 58.1 Å². The number of carbonyl (C=O) groups is 1. The number of amides is 1.